The third kappa shape index (κ3) is 1.69. The molecule has 0 amide bonds. The van der Waals surface area contributed by atoms with Gasteiger partial charge in [-0.1, -0.05) is 45.4 Å². The van der Waals surface area contributed by atoms with Gasteiger partial charge in [-0.2, -0.15) is 0 Å². The molecule has 0 radical (unpaired) electrons. The van der Waals surface area contributed by atoms with E-state index >= 15 is 0 Å². The van der Waals surface area contributed by atoms with Crippen molar-refractivity contribution in [1.29, 1.82) is 0 Å². The van der Waals surface area contributed by atoms with Crippen LogP contribution in [0.3, 0.4) is 0 Å². The van der Waals surface area contributed by atoms with Gasteiger partial charge in [0.15, 0.2) is 7.83 Å². The summed E-state index contributed by atoms with van der Waals surface area (Å²) in [5, 5.41) is 0.000957. The van der Waals surface area contributed by atoms with Gasteiger partial charge in [0.25, 0.3) is 0 Å². The Kier molecular flexibility index (Phi) is 3.48. The van der Waals surface area contributed by atoms with Crippen LogP contribution in [0.25, 0.3) is 0 Å². The molecule has 0 bridgehead atoms. The Labute approximate surface area is 111 Å². The van der Waals surface area contributed by atoms with Crippen LogP contribution < -0.4 is 0 Å². The van der Waals surface area contributed by atoms with Crippen molar-refractivity contribution in [3.05, 3.63) is 12.7 Å². The van der Waals surface area contributed by atoms with Gasteiger partial charge in [0.1, 0.15) is 0 Å². The Morgan fingerprint density at radius 3 is 1.65 bits per heavy atom. The molecule has 1 heterocycles. The Morgan fingerprint density at radius 1 is 0.882 bits per heavy atom. The largest absolute Gasteiger partial charge is 0.415 e. The Bertz CT molecular complexity index is 346. The van der Waals surface area contributed by atoms with E-state index in [1.54, 1.807) is 0 Å². The highest BCUT2D eigenvalue weighted by molar-refractivity contribution is 7.83. The van der Waals surface area contributed by atoms with Crippen LogP contribution in [0.2, 0.25) is 52.4 Å². The minimum absolute atomic E-state index is 0.000957. The summed E-state index contributed by atoms with van der Waals surface area (Å²) in [5.74, 6) is 0. The summed E-state index contributed by atoms with van der Waals surface area (Å²) in [7, 11) is -5.35. The summed E-state index contributed by atoms with van der Waals surface area (Å²) in [5.41, 5.74) is 0. The second-order valence-electron chi connectivity index (χ2n) is 7.80. The molecule has 0 N–H and O–H groups in total. The van der Waals surface area contributed by atoms with E-state index in [0.29, 0.717) is 0 Å². The summed E-state index contributed by atoms with van der Waals surface area (Å²) < 4.78 is 6.76. The molecule has 1 rings (SSSR count). The van der Waals surface area contributed by atoms with Crippen molar-refractivity contribution in [3.63, 3.8) is 0 Å². The molecule has 1 saturated heterocycles. The van der Waals surface area contributed by atoms with Crippen molar-refractivity contribution in [2.75, 3.05) is 0 Å². The van der Waals surface area contributed by atoms with Crippen molar-refractivity contribution in [3.8, 4) is 0 Å². The van der Waals surface area contributed by atoms with Gasteiger partial charge in [-0.15, -0.1) is 6.58 Å². The Morgan fingerprint density at radius 2 is 1.29 bits per heavy atom. The van der Waals surface area contributed by atoms with E-state index in [4.69, 9.17) is 4.43 Å². The van der Waals surface area contributed by atoms with E-state index in [0.717, 1.165) is 0 Å². The zero-order valence-corrected chi connectivity index (χ0v) is 17.2. The van der Waals surface area contributed by atoms with Crippen LogP contribution in [0.1, 0.15) is 6.92 Å². The highest BCUT2D eigenvalue weighted by Crippen LogP contribution is 2.48. The standard InChI is InChI=1S/C12H30OSi4/c1-11-12(2)13-15(5,6)17(9,10)16(7,8)14(12,3)4/h11H,1H2,2-10H3. The molecule has 0 aromatic heterocycles. The SMILES string of the molecule is C=CC1(C)O[Si](C)(C)[Si](C)(C)[Si](C)(C)[Si]1(C)C. The summed E-state index contributed by atoms with van der Waals surface area (Å²) >= 11 is 0. The smallest absolute Gasteiger partial charge is 0.171 e. The number of rotatable bonds is 1. The maximum atomic E-state index is 6.76. The second kappa shape index (κ2) is 3.79. The summed E-state index contributed by atoms with van der Waals surface area (Å²) in [6, 6.07) is 0. The number of hydrogen-bond donors (Lipinski definition) is 0. The van der Waals surface area contributed by atoms with Gasteiger partial charge in [0.05, 0.1) is 19.9 Å². The highest BCUT2D eigenvalue weighted by Gasteiger charge is 2.70. The van der Waals surface area contributed by atoms with Gasteiger partial charge in [-0.25, -0.2) is 0 Å². The lowest BCUT2D eigenvalue weighted by atomic mass is 10.4. The van der Waals surface area contributed by atoms with Crippen LogP contribution in [0, 0.1) is 0 Å². The topological polar surface area (TPSA) is 9.23 Å². The molecule has 1 nitrogen and oxygen atoms in total. The molecule has 1 aliphatic heterocycles. The molecule has 0 saturated carbocycles. The fourth-order valence-corrected chi connectivity index (χ4v) is 73.5. The highest BCUT2D eigenvalue weighted by atomic mass is 29.8. The minimum Gasteiger partial charge on any atom is -0.415 e. The predicted octanol–water partition coefficient (Wildman–Crippen LogP) is 4.07. The first kappa shape index (κ1) is 15.6. The fourth-order valence-electron chi connectivity index (χ4n) is 3.24. The van der Waals surface area contributed by atoms with Crippen LogP contribution in [-0.4, -0.2) is 34.9 Å². The van der Waals surface area contributed by atoms with E-state index < -0.39 is 29.6 Å². The molecule has 0 aromatic rings. The molecule has 1 unspecified atom stereocenters. The van der Waals surface area contributed by atoms with E-state index in [1.165, 1.54) is 0 Å². The maximum absolute atomic E-state index is 6.76. The zero-order valence-electron chi connectivity index (χ0n) is 13.2. The summed E-state index contributed by atoms with van der Waals surface area (Å²) in [6.45, 7) is 27.0. The van der Waals surface area contributed by atoms with E-state index in [9.17, 15) is 0 Å². The monoisotopic (exact) mass is 302 g/mol. The molecule has 17 heavy (non-hydrogen) atoms. The van der Waals surface area contributed by atoms with Crippen molar-refractivity contribution in [1.82, 2.24) is 0 Å². The Balaban J connectivity index is 3.51. The average Bonchev–Trinajstić information content (AvgIpc) is 2.14. The van der Waals surface area contributed by atoms with Crippen molar-refractivity contribution in [2.45, 2.75) is 64.5 Å². The van der Waals surface area contributed by atoms with Crippen molar-refractivity contribution in [2.24, 2.45) is 0 Å². The summed E-state index contributed by atoms with van der Waals surface area (Å²) in [6.07, 6.45) is 2.13. The van der Waals surface area contributed by atoms with Gasteiger partial charge < -0.3 is 4.43 Å². The first-order valence-electron chi connectivity index (χ1n) is 6.61. The normalized spacial score (nSPS) is 37.5. The van der Waals surface area contributed by atoms with Gasteiger partial charge in [-0.3, -0.25) is 0 Å². The first-order valence-corrected chi connectivity index (χ1v) is 21.5. The Hall–Kier alpha value is 0.568. The van der Waals surface area contributed by atoms with E-state index in [2.05, 4.69) is 72.0 Å². The van der Waals surface area contributed by atoms with Crippen LogP contribution in [-0.2, 0) is 4.43 Å². The molecule has 1 aliphatic rings. The molecule has 5 heteroatoms. The molecule has 0 aliphatic carbocycles. The molecule has 0 aromatic carbocycles. The van der Waals surface area contributed by atoms with Crippen molar-refractivity contribution < 1.29 is 4.43 Å². The van der Waals surface area contributed by atoms with Crippen LogP contribution in [0.15, 0.2) is 12.7 Å². The van der Waals surface area contributed by atoms with Gasteiger partial charge in [-0.05, 0) is 20.0 Å². The molecule has 0 spiro atoms. The van der Waals surface area contributed by atoms with Crippen LogP contribution >= 0.6 is 0 Å². The lowest BCUT2D eigenvalue weighted by Gasteiger charge is -2.65. The zero-order chi connectivity index (χ0) is 13.9. The number of hydrogen-bond acceptors (Lipinski definition) is 1. The van der Waals surface area contributed by atoms with Gasteiger partial charge in [0, 0.05) is 7.11 Å². The van der Waals surface area contributed by atoms with Gasteiger partial charge >= 0.3 is 0 Å². The summed E-state index contributed by atoms with van der Waals surface area (Å²) in [4.78, 5) is 0. The van der Waals surface area contributed by atoms with Gasteiger partial charge in [0.2, 0.25) is 0 Å². The quantitative estimate of drug-likeness (QED) is 0.524. The molecule has 1 atom stereocenters. The minimum atomic E-state index is -1.53. The van der Waals surface area contributed by atoms with E-state index in [1.807, 2.05) is 0 Å². The second-order valence-corrected chi connectivity index (χ2v) is 47.1. The molecular formula is C12H30OSi4. The molecule has 100 valence electrons. The molecular weight excluding hydrogens is 272 g/mol. The first-order chi connectivity index (χ1) is 7.27. The lowest BCUT2D eigenvalue weighted by molar-refractivity contribution is 0.213. The van der Waals surface area contributed by atoms with Crippen molar-refractivity contribution >= 4 is 29.6 Å². The van der Waals surface area contributed by atoms with Crippen LogP contribution in [0.5, 0.6) is 0 Å². The predicted molar refractivity (Wildman–Crippen MR) is 89.6 cm³/mol. The average molecular weight is 303 g/mol. The fraction of sp³-hybridized carbons (Fsp3) is 0.833. The maximum Gasteiger partial charge on any atom is 0.171 e. The third-order valence-electron chi connectivity index (χ3n) is 6.73. The lowest BCUT2D eigenvalue weighted by Crippen LogP contribution is -2.90. The van der Waals surface area contributed by atoms with E-state index in [-0.39, 0.29) is 5.22 Å². The third-order valence-corrected chi connectivity index (χ3v) is 74.0. The molecule has 1 fully saturated rings. The van der Waals surface area contributed by atoms with Crippen LogP contribution in [0.4, 0.5) is 0 Å².